The van der Waals surface area contributed by atoms with Gasteiger partial charge in [-0.2, -0.15) is 0 Å². The van der Waals surface area contributed by atoms with Crippen LogP contribution in [0, 0.1) is 6.92 Å². The van der Waals surface area contributed by atoms with Crippen LogP contribution in [0.1, 0.15) is 34.0 Å². The smallest absolute Gasteiger partial charge is 0.252 e. The highest BCUT2D eigenvalue weighted by Gasteiger charge is 2.40. The highest BCUT2D eigenvalue weighted by molar-refractivity contribution is 5.94. The SMILES string of the molecule is Cc1ccc(CNC(=O)c2cccc(CNC(=O)[C@@H]3O[C@H]3C)c2)cc1. The Morgan fingerprint density at radius 2 is 1.68 bits per heavy atom. The number of rotatable bonds is 6. The summed E-state index contributed by atoms with van der Waals surface area (Å²) in [4.78, 5) is 24.1. The van der Waals surface area contributed by atoms with Crippen molar-refractivity contribution in [2.45, 2.75) is 39.1 Å². The van der Waals surface area contributed by atoms with Gasteiger partial charge in [-0.1, -0.05) is 42.0 Å². The Hall–Kier alpha value is -2.66. The maximum atomic E-state index is 12.3. The number of nitrogens with one attached hydrogen (secondary N) is 2. The number of benzene rings is 2. The molecule has 1 aliphatic rings. The Labute approximate surface area is 147 Å². The molecule has 0 aliphatic carbocycles. The van der Waals surface area contributed by atoms with E-state index >= 15 is 0 Å². The molecule has 0 unspecified atom stereocenters. The minimum absolute atomic E-state index is 0.00103. The molecule has 0 aromatic heterocycles. The molecule has 0 spiro atoms. The summed E-state index contributed by atoms with van der Waals surface area (Å²) < 4.78 is 5.13. The maximum Gasteiger partial charge on any atom is 0.252 e. The Balaban J connectivity index is 1.53. The highest BCUT2D eigenvalue weighted by Crippen LogP contribution is 2.20. The molecule has 2 aromatic rings. The van der Waals surface area contributed by atoms with E-state index in [1.807, 2.05) is 50.2 Å². The van der Waals surface area contributed by atoms with Gasteiger partial charge < -0.3 is 15.4 Å². The molecule has 5 nitrogen and oxygen atoms in total. The number of hydrogen-bond acceptors (Lipinski definition) is 3. The third-order valence-corrected chi connectivity index (χ3v) is 4.20. The lowest BCUT2D eigenvalue weighted by Gasteiger charge is -2.08. The van der Waals surface area contributed by atoms with Gasteiger partial charge >= 0.3 is 0 Å². The topological polar surface area (TPSA) is 70.7 Å². The predicted molar refractivity (Wildman–Crippen MR) is 95.0 cm³/mol. The van der Waals surface area contributed by atoms with Crippen LogP contribution in [-0.4, -0.2) is 24.0 Å². The van der Waals surface area contributed by atoms with Crippen LogP contribution in [0.3, 0.4) is 0 Å². The molecule has 2 aromatic carbocycles. The quantitative estimate of drug-likeness (QED) is 0.794. The van der Waals surface area contributed by atoms with Gasteiger partial charge in [0.15, 0.2) is 6.10 Å². The van der Waals surface area contributed by atoms with Crippen LogP contribution >= 0.6 is 0 Å². The normalized spacial score (nSPS) is 18.5. The van der Waals surface area contributed by atoms with Gasteiger partial charge in [0, 0.05) is 18.7 Å². The summed E-state index contributed by atoms with van der Waals surface area (Å²) in [5, 5.41) is 5.74. The van der Waals surface area contributed by atoms with E-state index in [-0.39, 0.29) is 24.0 Å². The molecule has 0 bridgehead atoms. The largest absolute Gasteiger partial charge is 0.359 e. The van der Waals surface area contributed by atoms with Gasteiger partial charge in [-0.15, -0.1) is 0 Å². The zero-order chi connectivity index (χ0) is 17.8. The van der Waals surface area contributed by atoms with Crippen LogP contribution in [0.15, 0.2) is 48.5 Å². The zero-order valence-corrected chi connectivity index (χ0v) is 14.4. The standard InChI is InChI=1S/C20H22N2O3/c1-13-6-8-15(9-7-13)11-21-19(23)17-5-3-4-16(10-17)12-22-20(24)18-14(2)25-18/h3-10,14,18H,11-12H2,1-2H3,(H,21,23)(H,22,24)/t14-,18+/m0/s1. The first-order chi connectivity index (χ1) is 12.0. The summed E-state index contributed by atoms with van der Waals surface area (Å²) in [6.45, 7) is 4.76. The van der Waals surface area contributed by atoms with Crippen molar-refractivity contribution in [3.63, 3.8) is 0 Å². The van der Waals surface area contributed by atoms with Crippen LogP contribution in [-0.2, 0) is 22.6 Å². The zero-order valence-electron chi connectivity index (χ0n) is 14.4. The van der Waals surface area contributed by atoms with E-state index in [2.05, 4.69) is 10.6 Å². The van der Waals surface area contributed by atoms with Gasteiger partial charge in [0.2, 0.25) is 0 Å². The molecule has 25 heavy (non-hydrogen) atoms. The van der Waals surface area contributed by atoms with E-state index in [1.165, 1.54) is 5.56 Å². The van der Waals surface area contributed by atoms with Crippen molar-refractivity contribution in [3.05, 3.63) is 70.8 Å². The summed E-state index contributed by atoms with van der Waals surface area (Å²) in [5.74, 6) is -0.241. The molecule has 2 N–H and O–H groups in total. The predicted octanol–water partition coefficient (Wildman–Crippen LogP) is 2.33. The van der Waals surface area contributed by atoms with Crippen LogP contribution in [0.4, 0.5) is 0 Å². The van der Waals surface area contributed by atoms with Gasteiger partial charge in [0.05, 0.1) is 6.10 Å². The van der Waals surface area contributed by atoms with E-state index in [0.717, 1.165) is 11.1 Å². The van der Waals surface area contributed by atoms with Crippen molar-refractivity contribution >= 4 is 11.8 Å². The third-order valence-electron chi connectivity index (χ3n) is 4.20. The van der Waals surface area contributed by atoms with Gasteiger partial charge in [0.25, 0.3) is 11.8 Å². The summed E-state index contributed by atoms with van der Waals surface area (Å²) in [6, 6.07) is 15.3. The first-order valence-corrected chi connectivity index (χ1v) is 8.39. The average Bonchev–Trinajstić information content (AvgIpc) is 3.36. The molecule has 1 heterocycles. The number of carbonyl (C=O) groups excluding carboxylic acids is 2. The Kier molecular flexibility index (Phi) is 5.14. The van der Waals surface area contributed by atoms with Crippen molar-refractivity contribution in [1.29, 1.82) is 0 Å². The van der Waals surface area contributed by atoms with E-state index in [9.17, 15) is 9.59 Å². The number of amides is 2. The Morgan fingerprint density at radius 3 is 2.36 bits per heavy atom. The lowest BCUT2D eigenvalue weighted by Crippen LogP contribution is -2.28. The molecule has 3 rings (SSSR count). The number of ether oxygens (including phenoxy) is 1. The summed E-state index contributed by atoms with van der Waals surface area (Å²) in [7, 11) is 0. The van der Waals surface area contributed by atoms with Crippen LogP contribution in [0.2, 0.25) is 0 Å². The van der Waals surface area contributed by atoms with Crippen molar-refractivity contribution in [2.24, 2.45) is 0 Å². The number of carbonyl (C=O) groups is 2. The molecular weight excluding hydrogens is 316 g/mol. The van der Waals surface area contributed by atoms with Crippen LogP contribution in [0.5, 0.6) is 0 Å². The second-order valence-electron chi connectivity index (χ2n) is 6.35. The lowest BCUT2D eigenvalue weighted by atomic mass is 10.1. The van der Waals surface area contributed by atoms with Gasteiger partial charge in [-0.25, -0.2) is 0 Å². The van der Waals surface area contributed by atoms with Gasteiger partial charge in [-0.05, 0) is 37.1 Å². The fourth-order valence-corrected chi connectivity index (χ4v) is 2.56. The van der Waals surface area contributed by atoms with Gasteiger partial charge in [0.1, 0.15) is 0 Å². The maximum absolute atomic E-state index is 12.3. The monoisotopic (exact) mass is 338 g/mol. The number of aryl methyl sites for hydroxylation is 1. The fraction of sp³-hybridized carbons (Fsp3) is 0.300. The van der Waals surface area contributed by atoms with Crippen LogP contribution < -0.4 is 10.6 Å². The molecule has 2 atom stereocenters. The Morgan fingerprint density at radius 1 is 1.00 bits per heavy atom. The lowest BCUT2D eigenvalue weighted by molar-refractivity contribution is -0.122. The molecule has 1 saturated heterocycles. The first-order valence-electron chi connectivity index (χ1n) is 8.39. The molecule has 2 amide bonds. The highest BCUT2D eigenvalue weighted by atomic mass is 16.6. The van der Waals surface area contributed by atoms with E-state index in [1.54, 1.807) is 12.1 Å². The first kappa shape index (κ1) is 17.2. The minimum atomic E-state index is -0.332. The third kappa shape index (κ3) is 4.67. The molecule has 1 aliphatic heterocycles. The fourth-order valence-electron chi connectivity index (χ4n) is 2.56. The molecule has 5 heteroatoms. The van der Waals surface area contributed by atoms with E-state index in [0.29, 0.717) is 18.7 Å². The van der Waals surface area contributed by atoms with Crippen molar-refractivity contribution in [3.8, 4) is 0 Å². The van der Waals surface area contributed by atoms with E-state index < -0.39 is 0 Å². The minimum Gasteiger partial charge on any atom is -0.359 e. The van der Waals surface area contributed by atoms with E-state index in [4.69, 9.17) is 4.74 Å². The second-order valence-corrected chi connectivity index (χ2v) is 6.35. The second kappa shape index (κ2) is 7.49. The molecular formula is C20H22N2O3. The molecule has 0 saturated carbocycles. The summed E-state index contributed by atoms with van der Waals surface area (Å²) >= 11 is 0. The van der Waals surface area contributed by atoms with Crippen molar-refractivity contribution < 1.29 is 14.3 Å². The summed E-state index contributed by atoms with van der Waals surface area (Å²) in [5.41, 5.74) is 3.70. The van der Waals surface area contributed by atoms with Crippen LogP contribution in [0.25, 0.3) is 0 Å². The number of hydrogen-bond donors (Lipinski definition) is 2. The Bertz CT molecular complexity index is 771. The van der Waals surface area contributed by atoms with Gasteiger partial charge in [-0.3, -0.25) is 9.59 Å². The summed E-state index contributed by atoms with van der Waals surface area (Å²) in [6.07, 6.45) is -0.333. The average molecular weight is 338 g/mol. The molecule has 130 valence electrons. The molecule has 0 radical (unpaired) electrons. The van der Waals surface area contributed by atoms with Crippen molar-refractivity contribution in [2.75, 3.05) is 0 Å². The molecule has 1 fully saturated rings. The van der Waals surface area contributed by atoms with Crippen molar-refractivity contribution in [1.82, 2.24) is 10.6 Å². The number of epoxide rings is 1.